The van der Waals surface area contributed by atoms with Crippen LogP contribution in [0.5, 0.6) is 0 Å². The topological polar surface area (TPSA) is 55.3 Å². The molecule has 0 aliphatic rings. The van der Waals surface area contributed by atoms with Crippen molar-refractivity contribution in [2.24, 2.45) is 0 Å². The van der Waals surface area contributed by atoms with Crippen molar-refractivity contribution in [1.29, 1.82) is 0 Å². The third-order valence-corrected chi connectivity index (χ3v) is 11.2. The predicted octanol–water partition coefficient (Wildman–Crippen LogP) is 13.4. The molecular formula is C46H27N3O2S. The van der Waals surface area contributed by atoms with Gasteiger partial charge in [0.25, 0.3) is 0 Å². The maximum Gasteiger partial charge on any atom is 0.161 e. The van der Waals surface area contributed by atoms with Gasteiger partial charge in [0.15, 0.2) is 5.58 Å². The molecule has 5 heterocycles. The van der Waals surface area contributed by atoms with E-state index in [1.165, 1.54) is 20.2 Å². The molecule has 0 aliphatic carbocycles. The molecule has 0 bridgehead atoms. The maximum absolute atomic E-state index is 6.36. The Hall–Kier alpha value is -6.76. The minimum atomic E-state index is 0.799. The van der Waals surface area contributed by atoms with E-state index in [-0.39, 0.29) is 0 Å². The molecule has 0 saturated heterocycles. The standard InChI is InChI=1S/C46H27N3O2S/c1-4-13-40-32(8-1)35-24-25-48-43(45(35)51-40)29-18-22-31(23-19-29)49(39-12-7-11-36-34-10-3-6-15-42(34)52-46(36)39)30-20-16-28(17-21-30)37-26-47-27-38-33-9-2-5-14-41(33)50-44(37)38/h1-27H. The Labute approximate surface area is 301 Å². The Balaban J connectivity index is 1.06. The first kappa shape index (κ1) is 29.0. The lowest BCUT2D eigenvalue weighted by Crippen LogP contribution is -2.10. The molecule has 5 aromatic heterocycles. The largest absolute Gasteiger partial charge is 0.455 e. The van der Waals surface area contributed by atoms with Crippen LogP contribution in [0.4, 0.5) is 17.1 Å². The van der Waals surface area contributed by atoms with Crippen molar-refractivity contribution < 1.29 is 8.83 Å². The van der Waals surface area contributed by atoms with Gasteiger partial charge in [-0.2, -0.15) is 0 Å². The van der Waals surface area contributed by atoms with Crippen LogP contribution in [0.15, 0.2) is 173 Å². The van der Waals surface area contributed by atoms with Crippen LogP contribution >= 0.6 is 11.3 Å². The van der Waals surface area contributed by atoms with Crippen molar-refractivity contribution >= 4 is 92.4 Å². The molecule has 6 aromatic carbocycles. The molecule has 11 aromatic rings. The fourth-order valence-corrected chi connectivity index (χ4v) is 8.80. The fraction of sp³-hybridized carbons (Fsp3) is 0. The average Bonchev–Trinajstić information content (AvgIpc) is 3.90. The summed E-state index contributed by atoms with van der Waals surface area (Å²) in [4.78, 5) is 11.7. The number of fused-ring (bicyclic) bond motifs is 9. The third kappa shape index (κ3) is 4.41. The lowest BCUT2D eigenvalue weighted by Gasteiger charge is -2.26. The van der Waals surface area contributed by atoms with Crippen molar-refractivity contribution in [3.8, 4) is 22.4 Å². The Morgan fingerprint density at radius 3 is 1.88 bits per heavy atom. The van der Waals surface area contributed by atoms with Crippen molar-refractivity contribution in [3.05, 3.63) is 164 Å². The van der Waals surface area contributed by atoms with Gasteiger partial charge in [-0.25, -0.2) is 0 Å². The van der Waals surface area contributed by atoms with Crippen LogP contribution in [-0.4, -0.2) is 9.97 Å². The number of benzene rings is 6. The summed E-state index contributed by atoms with van der Waals surface area (Å²) in [6.45, 7) is 0. The number of nitrogens with zero attached hydrogens (tertiary/aromatic N) is 3. The minimum absolute atomic E-state index is 0.799. The first-order chi connectivity index (χ1) is 25.8. The van der Waals surface area contributed by atoms with Gasteiger partial charge in [0.1, 0.15) is 22.4 Å². The number of thiophene rings is 1. The molecule has 52 heavy (non-hydrogen) atoms. The molecule has 0 atom stereocenters. The van der Waals surface area contributed by atoms with Crippen LogP contribution in [0.2, 0.25) is 0 Å². The second-order valence-corrected chi connectivity index (χ2v) is 14.0. The van der Waals surface area contributed by atoms with E-state index >= 15 is 0 Å². The summed E-state index contributed by atoms with van der Waals surface area (Å²) in [6, 6.07) is 50.9. The van der Waals surface area contributed by atoms with Crippen molar-refractivity contribution in [3.63, 3.8) is 0 Å². The summed E-state index contributed by atoms with van der Waals surface area (Å²) >= 11 is 1.83. The monoisotopic (exact) mass is 685 g/mol. The summed E-state index contributed by atoms with van der Waals surface area (Å²) in [5.74, 6) is 0. The summed E-state index contributed by atoms with van der Waals surface area (Å²) in [5.41, 5.74) is 10.4. The summed E-state index contributed by atoms with van der Waals surface area (Å²) in [5, 5.41) is 6.77. The van der Waals surface area contributed by atoms with E-state index in [9.17, 15) is 0 Å². The molecule has 0 radical (unpaired) electrons. The Bertz CT molecular complexity index is 2980. The molecule has 6 heteroatoms. The predicted molar refractivity (Wildman–Crippen MR) is 215 cm³/mol. The molecule has 5 nitrogen and oxygen atoms in total. The summed E-state index contributed by atoms with van der Waals surface area (Å²) < 4.78 is 15.2. The lowest BCUT2D eigenvalue weighted by atomic mass is 10.0. The Morgan fingerprint density at radius 1 is 0.481 bits per heavy atom. The zero-order valence-corrected chi connectivity index (χ0v) is 28.5. The van der Waals surface area contributed by atoms with E-state index in [2.05, 4.69) is 113 Å². The first-order valence-electron chi connectivity index (χ1n) is 17.2. The van der Waals surface area contributed by atoms with Gasteiger partial charge >= 0.3 is 0 Å². The normalized spacial score (nSPS) is 11.8. The molecule has 0 fully saturated rings. The Kier molecular flexibility index (Phi) is 6.35. The van der Waals surface area contributed by atoms with E-state index in [1.54, 1.807) is 0 Å². The molecule has 11 rings (SSSR count). The molecule has 0 saturated carbocycles. The van der Waals surface area contributed by atoms with Crippen molar-refractivity contribution in [1.82, 2.24) is 9.97 Å². The number of pyridine rings is 2. The highest BCUT2D eigenvalue weighted by atomic mass is 32.1. The van der Waals surface area contributed by atoms with E-state index < -0.39 is 0 Å². The average molecular weight is 686 g/mol. The van der Waals surface area contributed by atoms with Gasteiger partial charge in [-0.15, -0.1) is 11.3 Å². The molecule has 244 valence electrons. The van der Waals surface area contributed by atoms with Crippen molar-refractivity contribution in [2.75, 3.05) is 4.90 Å². The van der Waals surface area contributed by atoms with E-state index in [0.717, 1.165) is 83.3 Å². The zero-order chi connectivity index (χ0) is 34.2. The Morgan fingerprint density at radius 2 is 1.12 bits per heavy atom. The van der Waals surface area contributed by atoms with E-state index in [1.807, 2.05) is 72.4 Å². The molecule has 0 amide bonds. The summed E-state index contributed by atoms with van der Waals surface area (Å²) in [7, 11) is 0. The molecular weight excluding hydrogens is 659 g/mol. The lowest BCUT2D eigenvalue weighted by molar-refractivity contribution is 0.668. The van der Waals surface area contributed by atoms with Crippen LogP contribution in [-0.2, 0) is 0 Å². The van der Waals surface area contributed by atoms with Crippen LogP contribution in [0.25, 0.3) is 86.4 Å². The van der Waals surface area contributed by atoms with Gasteiger partial charge in [0.2, 0.25) is 0 Å². The van der Waals surface area contributed by atoms with E-state index in [4.69, 9.17) is 13.8 Å². The number of rotatable bonds is 5. The van der Waals surface area contributed by atoms with Gasteiger partial charge in [0.05, 0.1) is 10.4 Å². The van der Waals surface area contributed by atoms with Crippen LogP contribution < -0.4 is 4.90 Å². The van der Waals surface area contributed by atoms with Crippen LogP contribution in [0.3, 0.4) is 0 Å². The number of furan rings is 2. The van der Waals surface area contributed by atoms with Gasteiger partial charge in [-0.3, -0.25) is 9.97 Å². The first-order valence-corrected chi connectivity index (χ1v) is 18.0. The van der Waals surface area contributed by atoms with Gasteiger partial charge < -0.3 is 13.7 Å². The second-order valence-electron chi connectivity index (χ2n) is 13.0. The van der Waals surface area contributed by atoms with E-state index in [0.29, 0.717) is 0 Å². The number of aromatic nitrogens is 2. The zero-order valence-electron chi connectivity index (χ0n) is 27.7. The number of hydrogen-bond donors (Lipinski definition) is 0. The number of hydrogen-bond acceptors (Lipinski definition) is 6. The third-order valence-electron chi connectivity index (χ3n) is 10.0. The second kappa shape index (κ2) is 11.4. The molecule has 0 unspecified atom stereocenters. The highest BCUT2D eigenvalue weighted by Gasteiger charge is 2.20. The maximum atomic E-state index is 6.36. The van der Waals surface area contributed by atoms with Gasteiger partial charge in [0, 0.05) is 78.1 Å². The molecule has 0 N–H and O–H groups in total. The summed E-state index contributed by atoms with van der Waals surface area (Å²) in [6.07, 6.45) is 5.65. The number of anilines is 3. The molecule has 0 spiro atoms. The highest BCUT2D eigenvalue weighted by Crippen LogP contribution is 2.46. The highest BCUT2D eigenvalue weighted by molar-refractivity contribution is 7.26. The van der Waals surface area contributed by atoms with Crippen LogP contribution in [0, 0.1) is 0 Å². The van der Waals surface area contributed by atoms with Crippen molar-refractivity contribution in [2.45, 2.75) is 0 Å². The SMILES string of the molecule is c1ccc2c(c1)oc1c(-c3ccc(N(c4ccc(-c5nccc6c5oc5ccccc56)cc4)c4cccc5c4sc4ccccc45)cc3)cncc12. The van der Waals surface area contributed by atoms with Crippen LogP contribution in [0.1, 0.15) is 0 Å². The molecule has 0 aliphatic heterocycles. The van der Waals surface area contributed by atoms with Gasteiger partial charge in [-0.05, 0) is 60.2 Å². The fourth-order valence-electron chi connectivity index (χ4n) is 7.60. The quantitative estimate of drug-likeness (QED) is 0.180. The minimum Gasteiger partial charge on any atom is -0.455 e. The number of para-hydroxylation sites is 2. The smallest absolute Gasteiger partial charge is 0.161 e. The van der Waals surface area contributed by atoms with Gasteiger partial charge in [-0.1, -0.05) is 91.0 Å².